The van der Waals surface area contributed by atoms with E-state index < -0.39 is 5.97 Å². The number of carboxylic acid groups (broad SMARTS) is 1. The summed E-state index contributed by atoms with van der Waals surface area (Å²) >= 11 is 0. The van der Waals surface area contributed by atoms with Gasteiger partial charge in [0.05, 0.1) is 6.42 Å². The second-order valence-electron chi connectivity index (χ2n) is 3.15. The molecule has 0 spiro atoms. The van der Waals surface area contributed by atoms with Gasteiger partial charge in [-0.25, -0.2) is 0 Å². The van der Waals surface area contributed by atoms with Crippen LogP contribution in [0, 0.1) is 0 Å². The van der Waals surface area contributed by atoms with E-state index in [1.54, 1.807) is 0 Å². The minimum absolute atomic E-state index is 0. The number of hydrogen-bond acceptors (Lipinski definition) is 2. The number of rotatable bonds is 7. The van der Waals surface area contributed by atoms with Crippen molar-refractivity contribution in [3.63, 3.8) is 0 Å². The molecule has 0 aliphatic rings. The Hall–Kier alpha value is 0.430. The van der Waals surface area contributed by atoms with Gasteiger partial charge in [-0.15, -0.1) is 0 Å². The first-order valence-electron chi connectivity index (χ1n) is 4.57. The van der Waals surface area contributed by atoms with E-state index in [1.165, 1.54) is 19.3 Å². The van der Waals surface area contributed by atoms with E-state index >= 15 is 0 Å². The summed E-state index contributed by atoms with van der Waals surface area (Å²) in [6.07, 6.45) is 3.87. The van der Waals surface area contributed by atoms with Crippen LogP contribution in [-0.2, 0) is 4.79 Å². The van der Waals surface area contributed by atoms with Crippen LogP contribution in [0.3, 0.4) is 0 Å². The van der Waals surface area contributed by atoms with E-state index in [0.29, 0.717) is 6.54 Å². The molecule has 3 nitrogen and oxygen atoms in total. The maximum absolute atomic E-state index is 10.2. The van der Waals surface area contributed by atoms with Gasteiger partial charge in [0.15, 0.2) is 0 Å². The van der Waals surface area contributed by atoms with Crippen molar-refractivity contribution < 1.29 is 9.90 Å². The monoisotopic (exact) mass is 197 g/mol. The molecule has 0 amide bonds. The molecule has 0 aromatic rings. The average molecular weight is 197 g/mol. The van der Waals surface area contributed by atoms with Crippen LogP contribution in [0.4, 0.5) is 0 Å². The molecule has 1 N–H and O–H groups in total. The summed E-state index contributed by atoms with van der Waals surface area (Å²) < 4.78 is 0. The number of unbranched alkanes of at least 4 members (excludes halogenated alkanes) is 2. The van der Waals surface area contributed by atoms with Crippen LogP contribution in [-0.4, -0.2) is 65.7 Å². The molecule has 0 aliphatic carbocycles. The first-order valence-corrected chi connectivity index (χ1v) is 4.57. The summed E-state index contributed by atoms with van der Waals surface area (Å²) in [4.78, 5) is 12.3. The van der Waals surface area contributed by atoms with Gasteiger partial charge in [-0.2, -0.15) is 0 Å². The fraction of sp³-hybridized carbons (Fsp3) is 0.889. The van der Waals surface area contributed by atoms with Gasteiger partial charge in [0.2, 0.25) is 0 Å². The van der Waals surface area contributed by atoms with Gasteiger partial charge in [-0.1, -0.05) is 19.8 Å². The van der Waals surface area contributed by atoms with Crippen molar-refractivity contribution in [2.45, 2.75) is 32.6 Å². The predicted octanol–water partition coefficient (Wildman–Crippen LogP) is 0.935. The van der Waals surface area contributed by atoms with Gasteiger partial charge < -0.3 is 10.0 Å². The molecule has 0 rings (SSSR count). The molecule has 0 atom stereocenters. The van der Waals surface area contributed by atoms with Gasteiger partial charge in [-0.3, -0.25) is 4.79 Å². The third-order valence-electron chi connectivity index (χ3n) is 1.85. The molecular formula is C9H20NNaO2. The van der Waals surface area contributed by atoms with Crippen LogP contribution in [0.25, 0.3) is 0 Å². The second-order valence-corrected chi connectivity index (χ2v) is 3.15. The zero-order valence-corrected chi connectivity index (χ0v) is 8.05. The number of aliphatic carboxylic acids is 1. The molecule has 74 valence electrons. The number of nitrogens with zero attached hydrogens (tertiary/aromatic N) is 1. The van der Waals surface area contributed by atoms with Gasteiger partial charge in [0, 0.05) is 6.54 Å². The Balaban J connectivity index is 0. The summed E-state index contributed by atoms with van der Waals surface area (Å²) in [5, 5.41) is 8.41. The maximum atomic E-state index is 10.2. The molecule has 0 saturated heterocycles. The van der Waals surface area contributed by atoms with Gasteiger partial charge in [0.1, 0.15) is 0 Å². The minimum atomic E-state index is -0.711. The molecule has 0 aromatic carbocycles. The molecule has 0 aromatic heterocycles. The molecule has 0 saturated carbocycles. The summed E-state index contributed by atoms with van der Waals surface area (Å²) in [6, 6.07) is 0. The molecule has 0 aliphatic heterocycles. The van der Waals surface area contributed by atoms with Crippen LogP contribution in [0.15, 0.2) is 0 Å². The van der Waals surface area contributed by atoms with Crippen LogP contribution < -0.4 is 0 Å². The summed E-state index contributed by atoms with van der Waals surface area (Å²) in [5.41, 5.74) is 0. The fourth-order valence-electron chi connectivity index (χ4n) is 1.03. The second kappa shape index (κ2) is 10.5. The van der Waals surface area contributed by atoms with Crippen molar-refractivity contribution in [1.82, 2.24) is 4.90 Å². The average Bonchev–Trinajstić information content (AvgIpc) is 2.01. The third kappa shape index (κ3) is 12.4. The van der Waals surface area contributed by atoms with Crippen LogP contribution >= 0.6 is 0 Å². The van der Waals surface area contributed by atoms with E-state index in [4.69, 9.17) is 5.11 Å². The molecule has 0 unspecified atom stereocenters. The first kappa shape index (κ1) is 15.9. The molecule has 0 fully saturated rings. The Bertz CT molecular complexity index is 131. The Labute approximate surface area is 103 Å². The number of carbonyl (C=O) groups is 1. The Morgan fingerprint density at radius 1 is 1.31 bits per heavy atom. The van der Waals surface area contributed by atoms with Crippen molar-refractivity contribution >= 4 is 35.5 Å². The van der Waals surface area contributed by atoms with E-state index in [1.807, 2.05) is 7.05 Å². The van der Waals surface area contributed by atoms with E-state index in [0.717, 1.165) is 6.54 Å². The molecule has 4 heteroatoms. The van der Waals surface area contributed by atoms with Crippen molar-refractivity contribution in [2.24, 2.45) is 0 Å². The zero-order chi connectivity index (χ0) is 9.40. The van der Waals surface area contributed by atoms with E-state index in [2.05, 4.69) is 11.8 Å². The summed E-state index contributed by atoms with van der Waals surface area (Å²) in [7, 11) is 1.97. The standard InChI is InChI=1S/C9H19NO2.Na.H/c1-3-4-5-7-10(2)8-6-9(11)12;;/h3-8H2,1-2H3,(H,11,12);;. The zero-order valence-electron chi connectivity index (χ0n) is 8.05. The molecule has 0 bridgehead atoms. The van der Waals surface area contributed by atoms with E-state index in [-0.39, 0.29) is 36.0 Å². The van der Waals surface area contributed by atoms with Gasteiger partial charge >= 0.3 is 35.5 Å². The van der Waals surface area contributed by atoms with Crippen LogP contribution in [0.1, 0.15) is 32.6 Å². The number of hydrogen-bond donors (Lipinski definition) is 1. The first-order chi connectivity index (χ1) is 5.66. The Morgan fingerprint density at radius 2 is 1.92 bits per heavy atom. The Kier molecular flexibility index (Phi) is 12.8. The Morgan fingerprint density at radius 3 is 2.38 bits per heavy atom. The summed E-state index contributed by atoms with van der Waals surface area (Å²) in [6.45, 7) is 3.84. The van der Waals surface area contributed by atoms with Crippen LogP contribution in [0.5, 0.6) is 0 Å². The van der Waals surface area contributed by atoms with Crippen molar-refractivity contribution in [2.75, 3.05) is 20.1 Å². The quantitative estimate of drug-likeness (QED) is 0.487. The van der Waals surface area contributed by atoms with E-state index in [9.17, 15) is 4.79 Å². The molecular weight excluding hydrogens is 177 g/mol. The molecule has 13 heavy (non-hydrogen) atoms. The van der Waals surface area contributed by atoms with Crippen molar-refractivity contribution in [3.05, 3.63) is 0 Å². The SMILES string of the molecule is CCCCCN(C)CCC(=O)O.[NaH]. The predicted molar refractivity (Wildman–Crippen MR) is 56.4 cm³/mol. The third-order valence-corrected chi connectivity index (χ3v) is 1.85. The topological polar surface area (TPSA) is 40.5 Å². The van der Waals surface area contributed by atoms with Crippen LogP contribution in [0.2, 0.25) is 0 Å². The normalized spacial score (nSPS) is 9.77. The van der Waals surface area contributed by atoms with Crippen molar-refractivity contribution in [1.29, 1.82) is 0 Å². The van der Waals surface area contributed by atoms with Crippen molar-refractivity contribution in [3.8, 4) is 0 Å². The van der Waals surface area contributed by atoms with Gasteiger partial charge in [-0.05, 0) is 20.0 Å². The van der Waals surface area contributed by atoms with Gasteiger partial charge in [0.25, 0.3) is 0 Å². The fourth-order valence-corrected chi connectivity index (χ4v) is 1.03. The number of carboxylic acids is 1. The molecule has 0 heterocycles. The molecule has 0 radical (unpaired) electrons. The summed E-state index contributed by atoms with van der Waals surface area (Å²) in [5.74, 6) is -0.711.